The fourth-order valence-corrected chi connectivity index (χ4v) is 0.208. The van der Waals surface area contributed by atoms with E-state index >= 15 is 0 Å². The van der Waals surface area contributed by atoms with Crippen molar-refractivity contribution in [3.05, 3.63) is 24.5 Å². The Morgan fingerprint density at radius 1 is 1.40 bits per heavy atom. The van der Waals surface area contributed by atoms with Gasteiger partial charge in [0.15, 0.2) is 0 Å². The molecule has 1 aromatic rings. The highest BCUT2D eigenvalue weighted by atomic mass is 14.6. The summed E-state index contributed by atoms with van der Waals surface area (Å²) in [6, 6.07) is 0.500. The van der Waals surface area contributed by atoms with Crippen molar-refractivity contribution in [3.63, 3.8) is 0 Å². The lowest BCUT2D eigenvalue weighted by Gasteiger charge is -1.49. The van der Waals surface area contributed by atoms with E-state index in [4.69, 9.17) is 2.74 Å². The third kappa shape index (κ3) is 0.293. The van der Waals surface area contributed by atoms with Crippen LogP contribution in [0.1, 0.15) is 2.74 Å². The Hall–Kier alpha value is -0.720. The molecule has 1 nitrogen and oxygen atoms in total. The smallest absolute Gasteiger partial charge is 0.0639 e. The predicted octanol–water partition coefficient (Wildman–Crippen LogP) is 1.01. The summed E-state index contributed by atoms with van der Waals surface area (Å²) in [7, 11) is 0. The van der Waals surface area contributed by atoms with Gasteiger partial charge in [0.25, 0.3) is 0 Å². The maximum atomic E-state index is 6.88. The molecule has 0 aliphatic rings. The van der Waals surface area contributed by atoms with E-state index in [1.165, 1.54) is 12.4 Å². The Bertz CT molecular complexity index is 142. The molecule has 1 heterocycles. The van der Waals surface area contributed by atoms with Crippen molar-refractivity contribution in [1.29, 1.82) is 0 Å². The molecule has 1 rings (SSSR count). The van der Waals surface area contributed by atoms with Crippen molar-refractivity contribution in [2.24, 2.45) is 0 Å². The second kappa shape index (κ2) is 0.931. The summed E-state index contributed by atoms with van der Waals surface area (Å²) < 4.78 is 13.8. The number of nitrogens with one attached hydrogen (secondary N) is 1. The largest absolute Gasteiger partial charge is 0.368 e. The summed E-state index contributed by atoms with van der Waals surface area (Å²) in [5.74, 6) is 0. The summed E-state index contributed by atoms with van der Waals surface area (Å²) in [6.45, 7) is 0. The van der Waals surface area contributed by atoms with Gasteiger partial charge < -0.3 is 4.98 Å². The SMILES string of the molecule is [2H]c1c[nH]cc1[2H]. The molecule has 0 fully saturated rings. The van der Waals surface area contributed by atoms with E-state index in [1.54, 1.807) is 0 Å². The molecular weight excluding hydrogens is 62.1 g/mol. The van der Waals surface area contributed by atoms with Gasteiger partial charge in [-0.15, -0.1) is 0 Å². The molecule has 0 unspecified atom stereocenters. The lowest BCUT2D eigenvalue weighted by molar-refractivity contribution is 1.42. The minimum atomic E-state index is 0.250. The maximum absolute atomic E-state index is 6.88. The molecule has 0 spiro atoms. The van der Waals surface area contributed by atoms with Gasteiger partial charge in [-0.1, -0.05) is 0 Å². The molecule has 0 saturated heterocycles. The molecule has 0 saturated carbocycles. The van der Waals surface area contributed by atoms with Crippen LogP contribution in [0.3, 0.4) is 0 Å². The highest BCUT2D eigenvalue weighted by Crippen LogP contribution is 1.72. The van der Waals surface area contributed by atoms with Gasteiger partial charge in [0.2, 0.25) is 0 Å². The van der Waals surface area contributed by atoms with E-state index in [1.807, 2.05) is 0 Å². The zero-order valence-corrected chi connectivity index (χ0v) is 2.65. The van der Waals surface area contributed by atoms with Crippen LogP contribution >= 0.6 is 0 Å². The van der Waals surface area contributed by atoms with Gasteiger partial charge in [-0.05, 0) is 12.1 Å². The fourth-order valence-electron chi connectivity index (χ4n) is 0.208. The van der Waals surface area contributed by atoms with Crippen molar-refractivity contribution >= 4 is 0 Å². The first-order chi connectivity index (χ1) is 3.30. The second-order valence-electron chi connectivity index (χ2n) is 0.744. The summed E-state index contributed by atoms with van der Waals surface area (Å²) in [5.41, 5.74) is 0. The average Bonchev–Trinajstić information content (AvgIpc) is 1.91. The Kier molecular flexibility index (Phi) is 0.217. The molecule has 0 bridgehead atoms. The predicted molar refractivity (Wildman–Crippen MR) is 20.8 cm³/mol. The standard InChI is InChI=1S/C4H5N/c1-2-4-5-3-1/h1-5H/i1D,2D. The molecule has 0 aliphatic carbocycles. The highest BCUT2D eigenvalue weighted by molar-refractivity contribution is 4.84. The third-order valence-corrected chi connectivity index (χ3v) is 0.394. The number of hydrogen-bond donors (Lipinski definition) is 1. The van der Waals surface area contributed by atoms with E-state index in [2.05, 4.69) is 4.98 Å². The van der Waals surface area contributed by atoms with E-state index in [0.29, 0.717) is 0 Å². The molecule has 0 radical (unpaired) electrons. The monoisotopic (exact) mass is 69.1 g/mol. The number of aromatic nitrogens is 1. The minimum Gasteiger partial charge on any atom is -0.368 e. The number of rotatable bonds is 0. The second-order valence-corrected chi connectivity index (χ2v) is 0.744. The van der Waals surface area contributed by atoms with E-state index in [0.717, 1.165) is 0 Å². The molecule has 26 valence electrons. The van der Waals surface area contributed by atoms with Gasteiger partial charge in [0.1, 0.15) is 0 Å². The van der Waals surface area contributed by atoms with Gasteiger partial charge >= 0.3 is 0 Å². The Labute approximate surface area is 33.5 Å². The van der Waals surface area contributed by atoms with Crippen LogP contribution in [0.25, 0.3) is 0 Å². The van der Waals surface area contributed by atoms with Crippen LogP contribution in [-0.4, -0.2) is 4.98 Å². The summed E-state index contributed by atoms with van der Waals surface area (Å²) in [5, 5.41) is 0. The van der Waals surface area contributed by atoms with E-state index < -0.39 is 0 Å². The molecule has 0 aromatic carbocycles. The average molecular weight is 69.1 g/mol. The highest BCUT2D eigenvalue weighted by Gasteiger charge is 1.55. The summed E-state index contributed by atoms with van der Waals surface area (Å²) in [4.78, 5) is 2.62. The molecule has 0 amide bonds. The zero-order chi connectivity index (χ0) is 5.28. The topological polar surface area (TPSA) is 15.8 Å². The molecule has 1 N–H and O–H groups in total. The Morgan fingerprint density at radius 3 is 2.20 bits per heavy atom. The summed E-state index contributed by atoms with van der Waals surface area (Å²) >= 11 is 0. The van der Waals surface area contributed by atoms with Gasteiger partial charge in [-0.25, -0.2) is 0 Å². The van der Waals surface area contributed by atoms with Gasteiger partial charge in [-0.2, -0.15) is 0 Å². The van der Waals surface area contributed by atoms with Crippen LogP contribution in [0.4, 0.5) is 0 Å². The van der Waals surface area contributed by atoms with Crippen LogP contribution in [-0.2, 0) is 0 Å². The number of hydrogen-bond acceptors (Lipinski definition) is 0. The lowest BCUT2D eigenvalue weighted by Crippen LogP contribution is -1.38. The van der Waals surface area contributed by atoms with Crippen molar-refractivity contribution in [3.8, 4) is 0 Å². The van der Waals surface area contributed by atoms with E-state index in [-0.39, 0.29) is 12.1 Å². The zero-order valence-electron chi connectivity index (χ0n) is 4.65. The molecule has 0 aliphatic heterocycles. The molecule has 0 atom stereocenters. The van der Waals surface area contributed by atoms with Crippen molar-refractivity contribution < 1.29 is 2.74 Å². The van der Waals surface area contributed by atoms with E-state index in [9.17, 15) is 0 Å². The third-order valence-electron chi connectivity index (χ3n) is 0.394. The van der Waals surface area contributed by atoms with Crippen molar-refractivity contribution in [1.82, 2.24) is 4.98 Å². The number of aromatic amines is 1. The molecule has 5 heavy (non-hydrogen) atoms. The quantitative estimate of drug-likeness (QED) is 0.468. The van der Waals surface area contributed by atoms with Gasteiger partial charge in [0.05, 0.1) is 2.74 Å². The first-order valence-electron chi connectivity index (χ1n) is 2.40. The maximum Gasteiger partial charge on any atom is 0.0639 e. The Morgan fingerprint density at radius 2 is 2.00 bits per heavy atom. The first kappa shape index (κ1) is 1.17. The molecule has 1 aromatic heterocycles. The van der Waals surface area contributed by atoms with Crippen molar-refractivity contribution in [2.75, 3.05) is 0 Å². The lowest BCUT2D eigenvalue weighted by atomic mass is 10.7. The van der Waals surface area contributed by atoms with Crippen LogP contribution in [0.5, 0.6) is 0 Å². The van der Waals surface area contributed by atoms with Crippen LogP contribution in [0, 0.1) is 0 Å². The van der Waals surface area contributed by atoms with Crippen LogP contribution in [0.2, 0.25) is 0 Å². The summed E-state index contributed by atoms with van der Waals surface area (Å²) in [6.07, 6.45) is 2.95. The Balaban J connectivity index is 3.12. The first-order valence-corrected chi connectivity index (χ1v) is 1.40. The minimum absolute atomic E-state index is 0.250. The number of H-pyrrole nitrogens is 1. The molecule has 1 heteroatoms. The normalized spacial score (nSPS) is 13.6. The fraction of sp³-hybridized carbons (Fsp3) is 0. The van der Waals surface area contributed by atoms with Crippen LogP contribution in [0.15, 0.2) is 24.5 Å². The molecular formula is C4H5N. The van der Waals surface area contributed by atoms with Crippen molar-refractivity contribution in [2.45, 2.75) is 0 Å². The van der Waals surface area contributed by atoms with Gasteiger partial charge in [0, 0.05) is 12.4 Å². The van der Waals surface area contributed by atoms with Crippen LogP contribution < -0.4 is 0 Å². The van der Waals surface area contributed by atoms with Gasteiger partial charge in [-0.3, -0.25) is 0 Å².